The van der Waals surface area contributed by atoms with Gasteiger partial charge in [-0.25, -0.2) is 0 Å². The maximum atomic E-state index is 11.0. The molecule has 0 spiro atoms. The van der Waals surface area contributed by atoms with E-state index in [1.54, 1.807) is 0 Å². The van der Waals surface area contributed by atoms with Gasteiger partial charge in [-0.2, -0.15) is 0 Å². The first kappa shape index (κ1) is 6.43. The van der Waals surface area contributed by atoms with E-state index in [4.69, 9.17) is 0 Å². The minimum Gasteiger partial charge on any atom is -0.616 e. The zero-order valence-electron chi connectivity index (χ0n) is 5.31. The summed E-state index contributed by atoms with van der Waals surface area (Å²) in [5.41, 5.74) is 0. The lowest BCUT2D eigenvalue weighted by atomic mass is 10.1. The largest absolute Gasteiger partial charge is 0.616 e. The van der Waals surface area contributed by atoms with Crippen LogP contribution in [-0.2, 0) is 11.2 Å². The predicted octanol–water partition coefficient (Wildman–Crippen LogP) is 1.12. The molecule has 47 valence electrons. The molecule has 1 aliphatic heterocycles. The molecule has 1 atom stereocenters. The second-order valence-electron chi connectivity index (χ2n) is 2.65. The van der Waals surface area contributed by atoms with Crippen molar-refractivity contribution in [3.8, 4) is 0 Å². The van der Waals surface area contributed by atoms with E-state index >= 15 is 0 Å². The van der Waals surface area contributed by atoms with Crippen molar-refractivity contribution >= 4 is 11.2 Å². The predicted molar refractivity (Wildman–Crippen MR) is 36.0 cm³/mol. The van der Waals surface area contributed by atoms with Crippen LogP contribution in [0, 0.1) is 6.42 Å². The van der Waals surface area contributed by atoms with Gasteiger partial charge in [-0.1, -0.05) is 0 Å². The van der Waals surface area contributed by atoms with Gasteiger partial charge in [0.1, 0.15) is 10.5 Å². The first-order valence-corrected chi connectivity index (χ1v) is 4.18. The van der Waals surface area contributed by atoms with Gasteiger partial charge in [0.2, 0.25) is 0 Å². The average molecular weight is 131 g/mol. The van der Waals surface area contributed by atoms with Crippen LogP contribution in [0.1, 0.15) is 20.3 Å². The third-order valence-electron chi connectivity index (χ3n) is 1.53. The maximum absolute atomic E-state index is 11.0. The zero-order valence-corrected chi connectivity index (χ0v) is 6.12. The molecule has 1 heterocycles. The van der Waals surface area contributed by atoms with Crippen molar-refractivity contribution in [1.29, 1.82) is 0 Å². The molecule has 0 N–H and O–H groups in total. The highest BCUT2D eigenvalue weighted by Crippen LogP contribution is 2.29. The van der Waals surface area contributed by atoms with E-state index in [1.807, 2.05) is 13.8 Å². The molecule has 0 aromatic carbocycles. The molecule has 0 bridgehead atoms. The summed E-state index contributed by atoms with van der Waals surface area (Å²) in [5, 5.41) is 0. The SMILES string of the molecule is CC1(C)[CH]CC[S+]1[O-]. The van der Waals surface area contributed by atoms with Crippen LogP contribution < -0.4 is 0 Å². The summed E-state index contributed by atoms with van der Waals surface area (Å²) >= 11 is -0.589. The molecule has 1 nitrogen and oxygen atoms in total. The molecule has 1 radical (unpaired) electrons. The van der Waals surface area contributed by atoms with Crippen LogP contribution in [0.4, 0.5) is 0 Å². The van der Waals surface area contributed by atoms with Gasteiger partial charge in [0, 0.05) is 12.8 Å². The van der Waals surface area contributed by atoms with E-state index in [0.29, 0.717) is 0 Å². The fraction of sp³-hybridized carbons (Fsp3) is 0.833. The van der Waals surface area contributed by atoms with Gasteiger partial charge >= 0.3 is 0 Å². The zero-order chi connectivity index (χ0) is 6.20. The maximum Gasteiger partial charge on any atom is 0.123 e. The summed E-state index contributed by atoms with van der Waals surface area (Å²) in [6.45, 7) is 4.05. The normalized spacial score (nSPS) is 35.6. The summed E-state index contributed by atoms with van der Waals surface area (Å²) < 4.78 is 11.0. The summed E-state index contributed by atoms with van der Waals surface area (Å²) in [5.74, 6) is 0.868. The topological polar surface area (TPSA) is 23.1 Å². The Morgan fingerprint density at radius 3 is 2.38 bits per heavy atom. The lowest BCUT2D eigenvalue weighted by molar-refractivity contribution is 0.577. The molecule has 0 saturated carbocycles. The van der Waals surface area contributed by atoms with E-state index in [0.717, 1.165) is 12.2 Å². The van der Waals surface area contributed by atoms with Crippen LogP contribution in [0.15, 0.2) is 0 Å². The lowest BCUT2D eigenvalue weighted by Gasteiger charge is -2.19. The van der Waals surface area contributed by atoms with Crippen LogP contribution in [0.5, 0.6) is 0 Å². The molecule has 1 unspecified atom stereocenters. The third kappa shape index (κ3) is 1.00. The quantitative estimate of drug-likeness (QED) is 0.452. The minimum absolute atomic E-state index is 0. The molecule has 0 aromatic heterocycles. The summed E-state index contributed by atoms with van der Waals surface area (Å²) in [6, 6.07) is 0. The van der Waals surface area contributed by atoms with E-state index < -0.39 is 11.2 Å². The number of hydrogen-bond acceptors (Lipinski definition) is 1. The Morgan fingerprint density at radius 1 is 1.62 bits per heavy atom. The third-order valence-corrected chi connectivity index (χ3v) is 3.47. The van der Waals surface area contributed by atoms with Gasteiger partial charge in [-0.3, -0.25) is 0 Å². The highest BCUT2D eigenvalue weighted by molar-refractivity contribution is 7.93. The van der Waals surface area contributed by atoms with Crippen molar-refractivity contribution in [2.45, 2.75) is 25.0 Å². The Hall–Kier alpha value is 0.310. The van der Waals surface area contributed by atoms with Gasteiger partial charge in [0.15, 0.2) is 0 Å². The van der Waals surface area contributed by atoms with Gasteiger partial charge < -0.3 is 4.55 Å². The standard InChI is InChI=1S/C6H11OS/c1-6(2)4-3-5-8(6)7/h4H,3,5H2,1-2H3. The molecule has 2 heteroatoms. The van der Waals surface area contributed by atoms with E-state index in [9.17, 15) is 4.55 Å². The molecule has 0 amide bonds. The van der Waals surface area contributed by atoms with Crippen LogP contribution >= 0.6 is 0 Å². The fourth-order valence-corrected chi connectivity index (χ4v) is 2.03. The molecule has 0 aromatic rings. The first-order chi connectivity index (χ1) is 3.63. The Labute approximate surface area is 53.7 Å². The Kier molecular flexibility index (Phi) is 1.54. The molecule has 1 rings (SSSR count). The lowest BCUT2D eigenvalue weighted by Crippen LogP contribution is -2.26. The average Bonchev–Trinajstić information content (AvgIpc) is 1.86. The molecular weight excluding hydrogens is 120 g/mol. The van der Waals surface area contributed by atoms with Gasteiger partial charge in [-0.15, -0.1) is 0 Å². The van der Waals surface area contributed by atoms with Gasteiger partial charge in [0.05, 0.1) is 0 Å². The van der Waals surface area contributed by atoms with Crippen molar-refractivity contribution in [3.05, 3.63) is 6.42 Å². The number of hydrogen-bond donors (Lipinski definition) is 0. The van der Waals surface area contributed by atoms with E-state index in [2.05, 4.69) is 6.42 Å². The first-order valence-electron chi connectivity index (χ1n) is 2.86. The van der Waals surface area contributed by atoms with Crippen molar-refractivity contribution in [2.75, 3.05) is 5.75 Å². The summed E-state index contributed by atoms with van der Waals surface area (Å²) in [6.07, 6.45) is 3.17. The Balaban J connectivity index is 2.54. The van der Waals surface area contributed by atoms with Crippen molar-refractivity contribution < 1.29 is 4.55 Å². The second-order valence-corrected chi connectivity index (χ2v) is 4.80. The van der Waals surface area contributed by atoms with Crippen LogP contribution in [0.2, 0.25) is 0 Å². The van der Waals surface area contributed by atoms with Crippen LogP contribution in [-0.4, -0.2) is 15.1 Å². The highest BCUT2D eigenvalue weighted by atomic mass is 32.2. The van der Waals surface area contributed by atoms with E-state index in [1.165, 1.54) is 0 Å². The monoisotopic (exact) mass is 131 g/mol. The van der Waals surface area contributed by atoms with Crippen molar-refractivity contribution in [2.24, 2.45) is 0 Å². The highest BCUT2D eigenvalue weighted by Gasteiger charge is 2.37. The van der Waals surface area contributed by atoms with E-state index in [-0.39, 0.29) is 4.75 Å². The summed E-state index contributed by atoms with van der Waals surface area (Å²) in [4.78, 5) is 0. The smallest absolute Gasteiger partial charge is 0.123 e. The van der Waals surface area contributed by atoms with Crippen LogP contribution in [0.25, 0.3) is 0 Å². The second kappa shape index (κ2) is 1.92. The fourth-order valence-electron chi connectivity index (χ4n) is 0.870. The summed E-state index contributed by atoms with van der Waals surface area (Å²) in [7, 11) is 0. The Morgan fingerprint density at radius 2 is 2.25 bits per heavy atom. The van der Waals surface area contributed by atoms with Crippen molar-refractivity contribution in [1.82, 2.24) is 0 Å². The number of rotatable bonds is 0. The minimum atomic E-state index is -0.589. The van der Waals surface area contributed by atoms with Crippen LogP contribution in [0.3, 0.4) is 0 Å². The van der Waals surface area contributed by atoms with Gasteiger partial charge in [0.25, 0.3) is 0 Å². The molecule has 8 heavy (non-hydrogen) atoms. The molecule has 1 saturated heterocycles. The molecule has 0 aliphatic carbocycles. The molecule has 1 aliphatic rings. The molecule has 1 fully saturated rings. The molecular formula is C6H11OS. The van der Waals surface area contributed by atoms with Gasteiger partial charge in [-0.05, 0) is 25.0 Å². The Bertz CT molecular complexity index is 90.5. The van der Waals surface area contributed by atoms with Crippen molar-refractivity contribution in [3.63, 3.8) is 0 Å².